The monoisotopic (exact) mass is 665 g/mol. The smallest absolute Gasteiger partial charge is 0.0160 e. The molecule has 185 valence electrons. The molecule has 6 aromatic rings. The Kier molecular flexibility index (Phi) is 8.04. The van der Waals surface area contributed by atoms with Crippen molar-refractivity contribution >= 4 is 0 Å². The van der Waals surface area contributed by atoms with Crippen LogP contribution in [0.5, 0.6) is 0 Å². The summed E-state index contributed by atoms with van der Waals surface area (Å²) in [4.78, 5) is 4.48. The van der Waals surface area contributed by atoms with Crippen LogP contribution in [0.15, 0.2) is 146 Å². The van der Waals surface area contributed by atoms with Crippen molar-refractivity contribution in [2.75, 3.05) is 0 Å². The molecule has 1 heterocycles. The molecule has 0 aliphatic heterocycles. The van der Waals surface area contributed by atoms with Crippen molar-refractivity contribution in [2.24, 2.45) is 0 Å². The first-order chi connectivity index (χ1) is 18.3. The first kappa shape index (κ1) is 25.5. The molecule has 0 atom stereocenters. The molecule has 2 heteroatoms. The van der Waals surface area contributed by atoms with Gasteiger partial charge in [0.1, 0.15) is 0 Å². The predicted molar refractivity (Wildman–Crippen MR) is 154 cm³/mol. The molecule has 1 radical (unpaired) electrons. The fraction of sp³-hybridized carbons (Fsp3) is 0.0278. The summed E-state index contributed by atoms with van der Waals surface area (Å²) in [6.45, 7) is 0. The van der Waals surface area contributed by atoms with Crippen molar-refractivity contribution in [3.05, 3.63) is 163 Å². The minimum absolute atomic E-state index is 0. The van der Waals surface area contributed by atoms with E-state index in [1.54, 1.807) is 0 Å². The van der Waals surface area contributed by atoms with Crippen molar-refractivity contribution in [1.82, 2.24) is 4.98 Å². The van der Waals surface area contributed by atoms with Gasteiger partial charge in [-0.05, 0) is 69.3 Å². The second-order valence-electron chi connectivity index (χ2n) is 9.23. The van der Waals surface area contributed by atoms with Crippen LogP contribution in [0.4, 0.5) is 0 Å². The summed E-state index contributed by atoms with van der Waals surface area (Å²) < 4.78 is 0. The fourth-order valence-corrected chi connectivity index (χ4v) is 4.72. The molecular formula is C36H26IrN-. The van der Waals surface area contributed by atoms with Crippen LogP contribution < -0.4 is 0 Å². The van der Waals surface area contributed by atoms with Crippen molar-refractivity contribution in [1.29, 1.82) is 0 Å². The average molecular weight is 665 g/mol. The van der Waals surface area contributed by atoms with Crippen LogP contribution in [0, 0.1) is 6.07 Å². The first-order valence-electron chi connectivity index (χ1n) is 12.6. The Morgan fingerprint density at radius 2 is 1.05 bits per heavy atom. The number of nitrogens with zero attached hydrogens (tertiary/aromatic N) is 1. The van der Waals surface area contributed by atoms with Gasteiger partial charge in [-0.3, -0.25) is 0 Å². The number of rotatable bonds is 6. The van der Waals surface area contributed by atoms with Crippen LogP contribution in [0.25, 0.3) is 44.6 Å². The normalized spacial score (nSPS) is 10.5. The van der Waals surface area contributed by atoms with Crippen molar-refractivity contribution in [3.63, 3.8) is 0 Å². The molecule has 0 bridgehead atoms. The van der Waals surface area contributed by atoms with E-state index in [-0.39, 0.29) is 20.1 Å². The third kappa shape index (κ3) is 5.89. The molecule has 0 unspecified atom stereocenters. The van der Waals surface area contributed by atoms with Crippen LogP contribution in [-0.4, -0.2) is 4.98 Å². The molecule has 0 aliphatic carbocycles. The Morgan fingerprint density at radius 1 is 0.474 bits per heavy atom. The minimum atomic E-state index is 0. The van der Waals surface area contributed by atoms with E-state index < -0.39 is 0 Å². The molecule has 0 spiro atoms. The maximum absolute atomic E-state index is 4.48. The molecule has 6 rings (SSSR count). The SMILES string of the molecule is [Ir].[c-]1ccc(-c2cccc(-c3cccc(-c4ccc(Cc5ccccc5)cc4)c3)c2)cc1-c1ccccn1. The maximum Gasteiger partial charge on any atom is 0.0160 e. The number of pyridine rings is 1. The molecule has 38 heavy (non-hydrogen) atoms. The Balaban J connectivity index is 0.00000294. The third-order valence-electron chi connectivity index (χ3n) is 6.67. The van der Waals surface area contributed by atoms with E-state index in [0.717, 1.165) is 23.2 Å². The van der Waals surface area contributed by atoms with E-state index in [9.17, 15) is 0 Å². The Labute approximate surface area is 238 Å². The van der Waals surface area contributed by atoms with Gasteiger partial charge in [-0.15, -0.1) is 35.4 Å². The van der Waals surface area contributed by atoms with Gasteiger partial charge in [0.25, 0.3) is 0 Å². The van der Waals surface area contributed by atoms with Crippen molar-refractivity contribution < 1.29 is 20.1 Å². The Bertz CT molecular complexity index is 1620. The molecule has 0 N–H and O–H groups in total. The van der Waals surface area contributed by atoms with Gasteiger partial charge in [0.05, 0.1) is 0 Å². The zero-order valence-electron chi connectivity index (χ0n) is 20.8. The summed E-state index contributed by atoms with van der Waals surface area (Å²) >= 11 is 0. The summed E-state index contributed by atoms with van der Waals surface area (Å²) in [7, 11) is 0. The molecule has 1 nitrogen and oxygen atoms in total. The van der Waals surface area contributed by atoms with Crippen molar-refractivity contribution in [3.8, 4) is 44.6 Å². The van der Waals surface area contributed by atoms with Crippen LogP contribution >= 0.6 is 0 Å². The van der Waals surface area contributed by atoms with E-state index in [1.165, 1.54) is 38.9 Å². The number of hydrogen-bond acceptors (Lipinski definition) is 1. The zero-order valence-corrected chi connectivity index (χ0v) is 23.2. The summed E-state index contributed by atoms with van der Waals surface area (Å²) in [5, 5.41) is 0. The van der Waals surface area contributed by atoms with Crippen LogP contribution in [-0.2, 0) is 26.5 Å². The molecule has 5 aromatic carbocycles. The molecule has 0 saturated heterocycles. The van der Waals surface area contributed by atoms with Crippen LogP contribution in [0.1, 0.15) is 11.1 Å². The van der Waals surface area contributed by atoms with E-state index >= 15 is 0 Å². The van der Waals surface area contributed by atoms with Gasteiger partial charge in [-0.25, -0.2) is 0 Å². The number of benzene rings is 5. The van der Waals surface area contributed by atoms with Crippen molar-refractivity contribution in [2.45, 2.75) is 6.42 Å². The molecule has 0 saturated carbocycles. The summed E-state index contributed by atoms with van der Waals surface area (Å²) in [5.74, 6) is 0. The second-order valence-corrected chi connectivity index (χ2v) is 9.23. The van der Waals surface area contributed by atoms with Gasteiger partial charge in [0, 0.05) is 26.3 Å². The predicted octanol–water partition coefficient (Wildman–Crippen LogP) is 9.14. The fourth-order valence-electron chi connectivity index (χ4n) is 4.72. The Hall–Kier alpha value is -4.10. The quantitative estimate of drug-likeness (QED) is 0.162. The Morgan fingerprint density at radius 3 is 1.68 bits per heavy atom. The minimum Gasteiger partial charge on any atom is -0.305 e. The van der Waals surface area contributed by atoms with Gasteiger partial charge in [-0.2, -0.15) is 0 Å². The van der Waals surface area contributed by atoms with Gasteiger partial charge < -0.3 is 4.98 Å². The van der Waals surface area contributed by atoms with E-state index in [2.05, 4.69) is 126 Å². The largest absolute Gasteiger partial charge is 0.305 e. The molecule has 0 fully saturated rings. The first-order valence-corrected chi connectivity index (χ1v) is 12.6. The van der Waals surface area contributed by atoms with E-state index in [4.69, 9.17) is 0 Å². The number of aromatic nitrogens is 1. The molecule has 0 aliphatic rings. The zero-order chi connectivity index (χ0) is 24.9. The maximum atomic E-state index is 4.48. The van der Waals surface area contributed by atoms with Gasteiger partial charge in [0.15, 0.2) is 0 Å². The molecule has 1 aromatic heterocycles. The van der Waals surface area contributed by atoms with E-state index in [1.807, 2.05) is 30.5 Å². The summed E-state index contributed by atoms with van der Waals surface area (Å²) in [5.41, 5.74) is 11.8. The van der Waals surface area contributed by atoms with E-state index in [0.29, 0.717) is 0 Å². The standard InChI is InChI=1S/C36H26N.Ir/c1-2-9-27(10-3-1)23-28-18-20-29(21-19-28)30-11-6-12-31(24-30)32-13-7-14-33(25-32)34-15-8-16-35(26-34)36-17-4-5-22-37-36;/h1-15,17-22,24-26H,23H2;/q-1;. The topological polar surface area (TPSA) is 12.9 Å². The third-order valence-corrected chi connectivity index (χ3v) is 6.67. The molecule has 0 amide bonds. The average Bonchev–Trinajstić information content (AvgIpc) is 2.99. The second kappa shape index (κ2) is 12.0. The summed E-state index contributed by atoms with van der Waals surface area (Å²) in [6, 6.07) is 52.6. The van der Waals surface area contributed by atoms with Gasteiger partial charge >= 0.3 is 0 Å². The van der Waals surface area contributed by atoms with Gasteiger partial charge in [-0.1, -0.05) is 103 Å². The summed E-state index contributed by atoms with van der Waals surface area (Å²) in [6.07, 6.45) is 2.77. The molecular weight excluding hydrogens is 639 g/mol. The van der Waals surface area contributed by atoms with Crippen LogP contribution in [0.2, 0.25) is 0 Å². The van der Waals surface area contributed by atoms with Gasteiger partial charge in [0.2, 0.25) is 0 Å². The number of hydrogen-bond donors (Lipinski definition) is 0. The van der Waals surface area contributed by atoms with Crippen LogP contribution in [0.3, 0.4) is 0 Å².